The Hall–Kier alpha value is -3.33. The van der Waals surface area contributed by atoms with Gasteiger partial charge in [-0.1, -0.05) is 18.2 Å². The fraction of sp³-hybridized carbons (Fsp3) is 0.500. The van der Waals surface area contributed by atoms with Crippen LogP contribution in [0.2, 0.25) is 5.02 Å². The number of likely N-dealkylation sites (tertiary alicyclic amines) is 2. The van der Waals surface area contributed by atoms with Gasteiger partial charge in [0.1, 0.15) is 0 Å². The predicted octanol–water partition coefficient (Wildman–Crippen LogP) is 3.86. The normalized spacial score (nSPS) is 23.8. The molecule has 1 spiro atoms. The number of fused-ring (bicyclic) bond motifs is 3. The van der Waals surface area contributed by atoms with Crippen LogP contribution in [0.5, 0.6) is 0 Å². The number of carbonyl (C=O) groups is 2. The van der Waals surface area contributed by atoms with Crippen molar-refractivity contribution in [3.8, 4) is 11.1 Å². The minimum atomic E-state index is 0.0147. The van der Waals surface area contributed by atoms with Crippen molar-refractivity contribution in [2.24, 2.45) is 5.41 Å². The van der Waals surface area contributed by atoms with E-state index in [0.29, 0.717) is 0 Å². The maximum absolute atomic E-state index is 12.2. The monoisotopic (exact) mass is 533 g/mol. The second kappa shape index (κ2) is 8.09. The van der Waals surface area contributed by atoms with Crippen LogP contribution in [-0.4, -0.2) is 79.9 Å². The van der Waals surface area contributed by atoms with E-state index in [4.69, 9.17) is 16.7 Å². The summed E-state index contributed by atoms with van der Waals surface area (Å²) in [4.78, 5) is 30.4. The van der Waals surface area contributed by atoms with Crippen molar-refractivity contribution < 1.29 is 9.59 Å². The first-order valence-corrected chi connectivity index (χ1v) is 13.7. The zero-order valence-electron chi connectivity index (χ0n) is 22.0. The van der Waals surface area contributed by atoms with E-state index < -0.39 is 0 Å². The van der Waals surface area contributed by atoms with Crippen LogP contribution in [-0.2, 0) is 9.59 Å². The third-order valence-electron chi connectivity index (χ3n) is 9.39. The summed E-state index contributed by atoms with van der Waals surface area (Å²) < 4.78 is 2.20. The zero-order chi connectivity index (χ0) is 26.5. The topological polar surface area (TPSA) is 90.4 Å². The minimum absolute atomic E-state index is 0.0147. The molecule has 3 saturated heterocycles. The molecule has 2 atom stereocenters. The van der Waals surface area contributed by atoms with Crippen LogP contribution in [0.15, 0.2) is 24.9 Å². The molecule has 0 radical (unpaired) electrons. The number of rotatable bonds is 4. The van der Waals surface area contributed by atoms with Crippen molar-refractivity contribution in [2.45, 2.75) is 58.2 Å². The summed E-state index contributed by atoms with van der Waals surface area (Å²) >= 11 is 7.04. The molecule has 2 aromatic heterocycles. The van der Waals surface area contributed by atoms with E-state index in [0.717, 1.165) is 89.6 Å². The Morgan fingerprint density at radius 3 is 2.58 bits per heavy atom. The lowest BCUT2D eigenvalue weighted by Gasteiger charge is -2.58. The lowest BCUT2D eigenvalue weighted by atomic mass is 9.60. The van der Waals surface area contributed by atoms with Gasteiger partial charge < -0.3 is 14.7 Å². The lowest BCUT2D eigenvalue weighted by Crippen LogP contribution is -2.63. The maximum Gasteiger partial charge on any atom is 0.245 e. The number of aryl methyl sites for hydroxylation is 1. The number of carbonyl (C=O) groups excluding carboxylic acids is 2. The van der Waals surface area contributed by atoms with Gasteiger partial charge in [0, 0.05) is 60.7 Å². The van der Waals surface area contributed by atoms with Gasteiger partial charge in [0.25, 0.3) is 0 Å². The number of hydrogen-bond donors (Lipinski definition) is 1. The Labute approximate surface area is 226 Å². The molecular weight excluding hydrogens is 502 g/mol. The lowest BCUT2D eigenvalue weighted by molar-refractivity contribution is -0.149. The number of amides is 2. The molecule has 1 N–H and O–H groups in total. The highest BCUT2D eigenvalue weighted by atomic mass is 35.5. The fourth-order valence-electron chi connectivity index (χ4n) is 7.53. The standard InChI is InChI=1S/C28H32ClN7O2/c1-5-23(38)33-13-28(14-33)8-20(9-28)36-16(3)24(25-21-10-30-31-22(21)6-15(2)26(25)29)27(32-36)35-12-18-7-19(35)11-34(18)17(4)37/h5-6,10,18-20H,1,7-9,11-14H2,2-4H3,(H,30,31)/t18-,19-/m1/s1. The number of benzene rings is 1. The molecule has 1 aromatic carbocycles. The van der Waals surface area contributed by atoms with Crippen molar-refractivity contribution in [1.82, 2.24) is 29.8 Å². The molecule has 2 amide bonds. The average molecular weight is 534 g/mol. The molecule has 1 saturated carbocycles. The molecule has 1 aliphatic carbocycles. The SMILES string of the molecule is C=CC(=O)N1CC2(CC(n3nc(N4C[C@H]5C[C@@H]4CN5C(C)=O)c(-c4c(Cl)c(C)cc5[nH]ncc45)c3C)C2)C1. The van der Waals surface area contributed by atoms with Gasteiger partial charge in [-0.3, -0.25) is 19.4 Å². The third-order valence-corrected chi connectivity index (χ3v) is 9.87. The number of halogens is 1. The number of nitrogens with one attached hydrogen (secondary N) is 1. The summed E-state index contributed by atoms with van der Waals surface area (Å²) in [6.45, 7) is 12.5. The van der Waals surface area contributed by atoms with Gasteiger partial charge in [-0.2, -0.15) is 10.2 Å². The first-order valence-electron chi connectivity index (χ1n) is 13.4. The molecule has 4 aliphatic rings. The molecule has 7 rings (SSSR count). The Balaban J connectivity index is 1.29. The van der Waals surface area contributed by atoms with Gasteiger partial charge in [0.15, 0.2) is 5.82 Å². The number of anilines is 1. The van der Waals surface area contributed by atoms with Gasteiger partial charge in [-0.25, -0.2) is 0 Å². The molecule has 38 heavy (non-hydrogen) atoms. The number of aromatic nitrogens is 4. The van der Waals surface area contributed by atoms with Crippen molar-refractivity contribution in [2.75, 3.05) is 31.1 Å². The van der Waals surface area contributed by atoms with Gasteiger partial charge in [-0.15, -0.1) is 0 Å². The Morgan fingerprint density at radius 2 is 1.92 bits per heavy atom. The summed E-state index contributed by atoms with van der Waals surface area (Å²) in [7, 11) is 0. The van der Waals surface area contributed by atoms with Crippen molar-refractivity contribution in [3.63, 3.8) is 0 Å². The molecule has 9 nitrogen and oxygen atoms in total. The Kier molecular flexibility index (Phi) is 5.06. The molecule has 2 bridgehead atoms. The van der Waals surface area contributed by atoms with Crippen molar-refractivity contribution in [3.05, 3.63) is 41.2 Å². The maximum atomic E-state index is 12.2. The molecule has 0 unspecified atom stereocenters. The number of H-pyrrole nitrogens is 1. The van der Waals surface area contributed by atoms with Gasteiger partial charge in [0.2, 0.25) is 11.8 Å². The van der Waals surface area contributed by atoms with Crippen LogP contribution in [0.3, 0.4) is 0 Å². The predicted molar refractivity (Wildman–Crippen MR) is 146 cm³/mol. The van der Waals surface area contributed by atoms with E-state index in [9.17, 15) is 9.59 Å². The number of hydrogen-bond acceptors (Lipinski definition) is 5. The summed E-state index contributed by atoms with van der Waals surface area (Å²) in [5.41, 5.74) is 5.27. The van der Waals surface area contributed by atoms with Crippen LogP contribution < -0.4 is 4.90 Å². The molecule has 198 valence electrons. The van der Waals surface area contributed by atoms with E-state index >= 15 is 0 Å². The highest BCUT2D eigenvalue weighted by Crippen LogP contribution is 2.56. The van der Waals surface area contributed by atoms with Gasteiger partial charge in [-0.05, 0) is 50.8 Å². The van der Waals surface area contributed by atoms with Crippen LogP contribution in [0.1, 0.15) is 43.5 Å². The first kappa shape index (κ1) is 23.8. The zero-order valence-corrected chi connectivity index (χ0v) is 22.8. The summed E-state index contributed by atoms with van der Waals surface area (Å²) in [6, 6.07) is 2.78. The minimum Gasteiger partial charge on any atom is -0.348 e. The van der Waals surface area contributed by atoms with Crippen molar-refractivity contribution >= 4 is 40.1 Å². The molecule has 5 heterocycles. The van der Waals surface area contributed by atoms with Crippen LogP contribution in [0.25, 0.3) is 22.0 Å². The van der Waals surface area contributed by atoms with E-state index in [2.05, 4.69) is 33.3 Å². The Morgan fingerprint density at radius 1 is 1.16 bits per heavy atom. The highest BCUT2D eigenvalue weighted by Gasteiger charge is 2.55. The summed E-state index contributed by atoms with van der Waals surface area (Å²) in [5.74, 6) is 1.11. The molecular formula is C28H32ClN7O2. The van der Waals surface area contributed by atoms with Crippen molar-refractivity contribution in [1.29, 1.82) is 0 Å². The van der Waals surface area contributed by atoms with E-state index in [1.165, 1.54) is 6.08 Å². The summed E-state index contributed by atoms with van der Waals surface area (Å²) in [5, 5.41) is 14.4. The van der Waals surface area contributed by atoms with Crippen LogP contribution in [0.4, 0.5) is 5.82 Å². The Bertz CT molecular complexity index is 1510. The molecule has 4 fully saturated rings. The highest BCUT2D eigenvalue weighted by molar-refractivity contribution is 6.36. The summed E-state index contributed by atoms with van der Waals surface area (Å²) in [6.07, 6.45) is 6.22. The number of nitrogens with zero attached hydrogens (tertiary/aromatic N) is 6. The van der Waals surface area contributed by atoms with Crippen LogP contribution in [0, 0.1) is 19.3 Å². The van der Waals surface area contributed by atoms with E-state index in [-0.39, 0.29) is 35.4 Å². The average Bonchev–Trinajstić information content (AvgIpc) is 3.62. The number of aromatic amines is 1. The molecule has 10 heteroatoms. The van der Waals surface area contributed by atoms with Gasteiger partial charge in [0.05, 0.1) is 34.9 Å². The smallest absolute Gasteiger partial charge is 0.245 e. The van der Waals surface area contributed by atoms with Crippen LogP contribution >= 0.6 is 11.6 Å². The number of piperazine rings is 1. The second-order valence-corrected chi connectivity index (χ2v) is 12.1. The molecule has 3 aromatic rings. The second-order valence-electron chi connectivity index (χ2n) is 11.8. The van der Waals surface area contributed by atoms with E-state index in [1.807, 2.05) is 29.0 Å². The third kappa shape index (κ3) is 3.23. The first-order chi connectivity index (χ1) is 18.2. The van der Waals surface area contributed by atoms with E-state index in [1.54, 1.807) is 6.92 Å². The van der Waals surface area contributed by atoms with Gasteiger partial charge >= 0.3 is 0 Å². The largest absolute Gasteiger partial charge is 0.348 e. The molecule has 3 aliphatic heterocycles. The quantitative estimate of drug-likeness (QED) is 0.514. The fourth-order valence-corrected chi connectivity index (χ4v) is 7.78.